The van der Waals surface area contributed by atoms with Crippen LogP contribution in [0.3, 0.4) is 0 Å². The lowest BCUT2D eigenvalue weighted by atomic mass is 10.1. The summed E-state index contributed by atoms with van der Waals surface area (Å²) in [5, 5.41) is 7.84. The van der Waals surface area contributed by atoms with Crippen LogP contribution in [-0.2, 0) is 6.42 Å². The lowest BCUT2D eigenvalue weighted by Crippen LogP contribution is -2.19. The van der Waals surface area contributed by atoms with Gasteiger partial charge in [0.2, 0.25) is 0 Å². The van der Waals surface area contributed by atoms with Gasteiger partial charge in [-0.25, -0.2) is 9.38 Å². The molecule has 3 rings (SSSR count). The van der Waals surface area contributed by atoms with Gasteiger partial charge in [-0.3, -0.25) is 0 Å². The molecule has 2 aromatic carbocycles. The molecule has 2 aromatic rings. The van der Waals surface area contributed by atoms with E-state index in [0.717, 1.165) is 18.7 Å². The number of hydrogen-bond acceptors (Lipinski definition) is 4. The second-order valence-corrected chi connectivity index (χ2v) is 7.02. The van der Waals surface area contributed by atoms with Crippen LogP contribution in [-0.4, -0.2) is 16.9 Å². The van der Waals surface area contributed by atoms with E-state index >= 15 is 0 Å². The standard InChI is InChI=1S/C19H18ClFN4S/c1-13(22-10-9-14-5-3-2-4-6-14)12-23-18-25-19(26-18)24-15-7-8-17(21)16(20)11-15/h2-8,11-12,22H,9-10H2,1H3,(H,23,24,25)/b13-12-. The quantitative estimate of drug-likeness (QED) is 0.728. The van der Waals surface area contributed by atoms with Crippen LogP contribution in [0.4, 0.5) is 10.1 Å². The molecule has 1 heterocycles. The van der Waals surface area contributed by atoms with Crippen molar-refractivity contribution in [3.8, 4) is 0 Å². The van der Waals surface area contributed by atoms with E-state index < -0.39 is 5.82 Å². The van der Waals surface area contributed by atoms with Crippen molar-refractivity contribution in [2.45, 2.75) is 13.3 Å². The summed E-state index contributed by atoms with van der Waals surface area (Å²) in [5.74, 6) is -0.442. The van der Waals surface area contributed by atoms with E-state index in [1.54, 1.807) is 12.3 Å². The zero-order valence-electron chi connectivity index (χ0n) is 14.2. The third-order valence-electron chi connectivity index (χ3n) is 3.58. The van der Waals surface area contributed by atoms with Crippen LogP contribution in [0.5, 0.6) is 0 Å². The minimum atomic E-state index is -0.442. The second kappa shape index (κ2) is 8.87. The number of amidine groups is 2. The molecule has 0 bridgehead atoms. The van der Waals surface area contributed by atoms with Crippen molar-refractivity contribution in [2.75, 3.05) is 11.9 Å². The van der Waals surface area contributed by atoms with Gasteiger partial charge in [0.25, 0.3) is 0 Å². The maximum Gasteiger partial charge on any atom is 0.197 e. The van der Waals surface area contributed by atoms with E-state index in [1.807, 2.05) is 25.1 Å². The molecule has 1 aliphatic heterocycles. The number of hydrogen-bond donors (Lipinski definition) is 2. The van der Waals surface area contributed by atoms with Gasteiger partial charge in [-0.05, 0) is 48.9 Å². The first-order valence-corrected chi connectivity index (χ1v) is 9.30. The largest absolute Gasteiger partial charge is 0.387 e. The fourth-order valence-corrected chi connectivity index (χ4v) is 3.00. The average Bonchev–Trinajstić information content (AvgIpc) is 2.61. The molecule has 0 aliphatic carbocycles. The van der Waals surface area contributed by atoms with Crippen molar-refractivity contribution in [3.05, 3.63) is 76.8 Å². The summed E-state index contributed by atoms with van der Waals surface area (Å²) < 4.78 is 13.1. The Bertz CT molecular complexity index is 865. The van der Waals surface area contributed by atoms with Gasteiger partial charge in [-0.15, -0.1) is 0 Å². The van der Waals surface area contributed by atoms with Gasteiger partial charge in [0, 0.05) is 24.1 Å². The fraction of sp³-hybridized carbons (Fsp3) is 0.158. The highest BCUT2D eigenvalue weighted by atomic mass is 35.5. The molecule has 0 aromatic heterocycles. The van der Waals surface area contributed by atoms with Crippen molar-refractivity contribution in [1.82, 2.24) is 5.32 Å². The summed E-state index contributed by atoms with van der Waals surface area (Å²) in [4.78, 5) is 8.60. The Balaban J connectivity index is 1.45. The van der Waals surface area contributed by atoms with Crippen LogP contribution in [0.2, 0.25) is 5.02 Å². The highest BCUT2D eigenvalue weighted by Crippen LogP contribution is 2.25. The van der Waals surface area contributed by atoms with Crippen LogP contribution >= 0.6 is 23.4 Å². The van der Waals surface area contributed by atoms with Crippen LogP contribution in [0, 0.1) is 5.82 Å². The number of nitrogens with zero attached hydrogens (tertiary/aromatic N) is 2. The molecule has 0 atom stereocenters. The van der Waals surface area contributed by atoms with Crippen molar-refractivity contribution >= 4 is 39.4 Å². The maximum absolute atomic E-state index is 13.1. The Morgan fingerprint density at radius 2 is 2.04 bits per heavy atom. The normalized spacial score (nSPS) is 15.4. The first-order chi connectivity index (χ1) is 12.6. The molecule has 0 saturated carbocycles. The van der Waals surface area contributed by atoms with Crippen LogP contribution in [0.15, 0.2) is 70.4 Å². The smallest absolute Gasteiger partial charge is 0.197 e. The number of nitrogens with one attached hydrogen (secondary N) is 2. The van der Waals surface area contributed by atoms with Gasteiger partial charge in [0.15, 0.2) is 10.3 Å². The van der Waals surface area contributed by atoms with E-state index in [9.17, 15) is 4.39 Å². The number of benzene rings is 2. The van der Waals surface area contributed by atoms with E-state index in [2.05, 4.69) is 32.8 Å². The first-order valence-electron chi connectivity index (χ1n) is 8.11. The Morgan fingerprint density at radius 1 is 1.27 bits per heavy atom. The minimum Gasteiger partial charge on any atom is -0.387 e. The highest BCUT2D eigenvalue weighted by Gasteiger charge is 2.17. The van der Waals surface area contributed by atoms with E-state index in [4.69, 9.17) is 11.6 Å². The zero-order valence-corrected chi connectivity index (χ0v) is 15.7. The molecule has 2 N–H and O–H groups in total. The number of aliphatic imine (C=N–C) groups is 2. The third kappa shape index (κ3) is 5.34. The molecule has 0 unspecified atom stereocenters. The van der Waals surface area contributed by atoms with Gasteiger partial charge in [0.1, 0.15) is 5.82 Å². The molecule has 26 heavy (non-hydrogen) atoms. The molecular formula is C19H18ClFN4S. The zero-order chi connectivity index (χ0) is 18.4. The minimum absolute atomic E-state index is 0.0777. The second-order valence-electron chi connectivity index (χ2n) is 5.66. The van der Waals surface area contributed by atoms with Crippen molar-refractivity contribution in [1.29, 1.82) is 0 Å². The maximum atomic E-state index is 13.1. The number of halogens is 2. The van der Waals surface area contributed by atoms with Crippen LogP contribution < -0.4 is 10.6 Å². The Kier molecular flexibility index (Phi) is 6.30. The fourth-order valence-electron chi connectivity index (χ4n) is 2.23. The summed E-state index contributed by atoms with van der Waals surface area (Å²) in [6, 6.07) is 14.8. The van der Waals surface area contributed by atoms with Gasteiger partial charge in [-0.2, -0.15) is 4.99 Å². The molecule has 0 amide bonds. The van der Waals surface area contributed by atoms with Gasteiger partial charge >= 0.3 is 0 Å². The molecule has 134 valence electrons. The van der Waals surface area contributed by atoms with E-state index in [0.29, 0.717) is 16.0 Å². The van der Waals surface area contributed by atoms with Crippen molar-refractivity contribution in [2.24, 2.45) is 9.98 Å². The van der Waals surface area contributed by atoms with Crippen molar-refractivity contribution < 1.29 is 4.39 Å². The van der Waals surface area contributed by atoms with Crippen molar-refractivity contribution in [3.63, 3.8) is 0 Å². The lowest BCUT2D eigenvalue weighted by Gasteiger charge is -2.16. The van der Waals surface area contributed by atoms with Gasteiger partial charge in [-0.1, -0.05) is 41.9 Å². The molecule has 1 aliphatic rings. The van der Waals surface area contributed by atoms with Gasteiger partial charge in [0.05, 0.1) is 5.02 Å². The SMILES string of the molecule is C/C(=C/N=C1N=C(Nc2ccc(F)c(Cl)c2)S1)NCCc1ccccc1. The molecule has 0 spiro atoms. The first kappa shape index (κ1) is 18.5. The molecule has 0 saturated heterocycles. The van der Waals surface area contributed by atoms with Crippen LogP contribution in [0.25, 0.3) is 0 Å². The van der Waals surface area contributed by atoms with E-state index in [1.165, 1.54) is 29.5 Å². The molecule has 0 fully saturated rings. The molecule has 0 radical (unpaired) electrons. The Labute approximate surface area is 161 Å². The summed E-state index contributed by atoms with van der Waals surface area (Å²) >= 11 is 7.17. The van der Waals surface area contributed by atoms with Gasteiger partial charge < -0.3 is 10.6 Å². The van der Waals surface area contributed by atoms with Crippen LogP contribution in [0.1, 0.15) is 12.5 Å². The molecule has 4 nitrogen and oxygen atoms in total. The summed E-state index contributed by atoms with van der Waals surface area (Å²) in [7, 11) is 0. The summed E-state index contributed by atoms with van der Waals surface area (Å²) in [6.45, 7) is 2.83. The monoisotopic (exact) mass is 388 g/mol. The summed E-state index contributed by atoms with van der Waals surface area (Å²) in [5.41, 5.74) is 2.97. The van der Waals surface area contributed by atoms with E-state index in [-0.39, 0.29) is 5.02 Å². The predicted octanol–water partition coefficient (Wildman–Crippen LogP) is 5.04. The Hall–Kier alpha value is -2.31. The average molecular weight is 389 g/mol. The highest BCUT2D eigenvalue weighted by molar-refractivity contribution is 8.29. The number of rotatable bonds is 6. The molecular weight excluding hydrogens is 371 g/mol. The third-order valence-corrected chi connectivity index (χ3v) is 4.64. The lowest BCUT2D eigenvalue weighted by molar-refractivity contribution is 0.628. The topological polar surface area (TPSA) is 48.8 Å². The Morgan fingerprint density at radius 3 is 2.77 bits per heavy atom. The number of anilines is 1. The summed E-state index contributed by atoms with van der Waals surface area (Å²) in [6.07, 6.45) is 2.73. The number of thioether (sulfide) groups is 1. The number of allylic oxidation sites excluding steroid dienone is 1. The molecule has 7 heteroatoms. The predicted molar refractivity (Wildman–Crippen MR) is 109 cm³/mol.